The lowest BCUT2D eigenvalue weighted by Crippen LogP contribution is -2.43. The Morgan fingerprint density at radius 1 is 1.12 bits per heavy atom. The summed E-state index contributed by atoms with van der Waals surface area (Å²) < 4.78 is 10.8. The molecular weight excluding hydrogens is 470 g/mol. The Kier molecular flexibility index (Phi) is 7.68. The predicted octanol–water partition coefficient (Wildman–Crippen LogP) is 5.30. The van der Waals surface area contributed by atoms with Crippen LogP contribution in [0.2, 0.25) is 0 Å². The van der Waals surface area contributed by atoms with Gasteiger partial charge >= 0.3 is 11.9 Å². The highest BCUT2D eigenvalue weighted by Crippen LogP contribution is 2.49. The second-order valence-electron chi connectivity index (χ2n) is 8.29. The second kappa shape index (κ2) is 10.7. The van der Waals surface area contributed by atoms with E-state index in [2.05, 4.69) is 12.2 Å². The maximum absolute atomic E-state index is 14.1. The minimum atomic E-state index is -0.948. The third-order valence-electron chi connectivity index (χ3n) is 6.22. The molecule has 3 unspecified atom stereocenters. The zero-order valence-electron chi connectivity index (χ0n) is 19.6. The van der Waals surface area contributed by atoms with Crippen molar-refractivity contribution < 1.29 is 23.9 Å². The first-order chi connectivity index (χ1) is 16.5. The van der Waals surface area contributed by atoms with E-state index in [1.165, 1.54) is 22.7 Å². The number of ketones is 1. The molecule has 0 saturated carbocycles. The molecule has 1 aliphatic carbocycles. The van der Waals surface area contributed by atoms with Crippen LogP contribution in [0.5, 0.6) is 0 Å². The standard InChI is InChI=1S/C26H29NO5S2/c1-4-8-17-23(26(30)32-6-3)20(15-10-12-33-14-15)22-18(27-17)13-16(19-9-7-11-34-19)21(24(22)28)25(29)31-5-2/h7,9-12,14,16,20-21,27H,4-6,8,13H2,1-3H3. The Hall–Kier alpha value is -2.71. The van der Waals surface area contributed by atoms with Gasteiger partial charge in [0.25, 0.3) is 0 Å². The Balaban J connectivity index is 1.88. The largest absolute Gasteiger partial charge is 0.465 e. The smallest absolute Gasteiger partial charge is 0.336 e. The monoisotopic (exact) mass is 499 g/mol. The number of Topliss-reactive ketones (excluding diaryl/α,β-unsaturated/α-hetero) is 1. The van der Waals surface area contributed by atoms with Crippen LogP contribution in [0.4, 0.5) is 0 Å². The number of hydrogen-bond donors (Lipinski definition) is 1. The first-order valence-corrected chi connectivity index (χ1v) is 13.5. The van der Waals surface area contributed by atoms with Gasteiger partial charge in [-0.1, -0.05) is 19.4 Å². The fourth-order valence-electron chi connectivity index (χ4n) is 4.89. The fraction of sp³-hybridized carbons (Fsp3) is 0.423. The molecule has 2 aliphatic rings. The molecule has 2 aromatic rings. The van der Waals surface area contributed by atoms with E-state index in [1.54, 1.807) is 13.8 Å². The molecule has 0 amide bonds. The van der Waals surface area contributed by atoms with Gasteiger partial charge < -0.3 is 14.8 Å². The Morgan fingerprint density at radius 3 is 2.53 bits per heavy atom. The summed E-state index contributed by atoms with van der Waals surface area (Å²) in [6.07, 6.45) is 1.98. The minimum Gasteiger partial charge on any atom is -0.465 e. The molecule has 0 saturated heterocycles. The lowest BCUT2D eigenvalue weighted by atomic mass is 9.68. The van der Waals surface area contributed by atoms with Crippen LogP contribution in [0.25, 0.3) is 0 Å². The van der Waals surface area contributed by atoms with E-state index in [0.717, 1.165) is 28.3 Å². The van der Waals surface area contributed by atoms with E-state index in [9.17, 15) is 14.4 Å². The van der Waals surface area contributed by atoms with Crippen molar-refractivity contribution in [2.75, 3.05) is 13.2 Å². The van der Waals surface area contributed by atoms with Gasteiger partial charge in [-0.25, -0.2) is 4.79 Å². The van der Waals surface area contributed by atoms with Crippen molar-refractivity contribution in [3.8, 4) is 0 Å². The Labute approximate surface area is 207 Å². The van der Waals surface area contributed by atoms with E-state index in [-0.39, 0.29) is 24.9 Å². The lowest BCUT2D eigenvalue weighted by molar-refractivity contribution is -0.152. The van der Waals surface area contributed by atoms with E-state index < -0.39 is 23.8 Å². The molecule has 1 aliphatic heterocycles. The normalized spacial score (nSPS) is 22.3. The summed E-state index contributed by atoms with van der Waals surface area (Å²) in [5, 5.41) is 9.29. The molecule has 0 radical (unpaired) electrons. The molecule has 8 heteroatoms. The summed E-state index contributed by atoms with van der Waals surface area (Å²) in [7, 11) is 0. The third kappa shape index (κ3) is 4.49. The molecule has 0 fully saturated rings. The summed E-state index contributed by atoms with van der Waals surface area (Å²) in [6, 6.07) is 5.83. The van der Waals surface area contributed by atoms with Crippen molar-refractivity contribution in [3.05, 3.63) is 67.3 Å². The highest BCUT2D eigenvalue weighted by atomic mass is 32.1. The molecule has 1 N–H and O–H groups in total. The average molecular weight is 500 g/mol. The number of dihydropyridines is 1. The number of hydrogen-bond acceptors (Lipinski definition) is 8. The van der Waals surface area contributed by atoms with Crippen molar-refractivity contribution in [1.29, 1.82) is 0 Å². The number of thiophene rings is 2. The van der Waals surface area contributed by atoms with Crippen LogP contribution in [0, 0.1) is 5.92 Å². The van der Waals surface area contributed by atoms with E-state index in [0.29, 0.717) is 24.0 Å². The topological polar surface area (TPSA) is 81.7 Å². The fourth-order valence-corrected chi connectivity index (χ4v) is 6.44. The molecule has 0 bridgehead atoms. The lowest BCUT2D eigenvalue weighted by Gasteiger charge is -2.39. The zero-order chi connectivity index (χ0) is 24.2. The zero-order valence-corrected chi connectivity index (χ0v) is 21.2. The number of nitrogens with one attached hydrogen (secondary N) is 1. The van der Waals surface area contributed by atoms with Crippen LogP contribution < -0.4 is 5.32 Å². The van der Waals surface area contributed by atoms with Gasteiger partial charge in [0, 0.05) is 33.7 Å². The van der Waals surface area contributed by atoms with Crippen molar-refractivity contribution in [2.45, 2.75) is 51.9 Å². The summed E-state index contributed by atoms with van der Waals surface area (Å²) in [6.45, 7) is 6.01. The highest BCUT2D eigenvalue weighted by Gasteiger charge is 2.49. The van der Waals surface area contributed by atoms with Gasteiger partial charge in [0.2, 0.25) is 0 Å². The third-order valence-corrected chi connectivity index (χ3v) is 7.93. The van der Waals surface area contributed by atoms with Gasteiger partial charge in [-0.15, -0.1) is 11.3 Å². The van der Waals surface area contributed by atoms with Crippen molar-refractivity contribution in [3.63, 3.8) is 0 Å². The van der Waals surface area contributed by atoms with Crippen LogP contribution in [0.3, 0.4) is 0 Å². The molecular formula is C26H29NO5S2. The van der Waals surface area contributed by atoms with Crippen LogP contribution >= 0.6 is 22.7 Å². The quantitative estimate of drug-likeness (QED) is 0.392. The number of ether oxygens (including phenoxy) is 2. The molecule has 3 heterocycles. The first kappa shape index (κ1) is 24.4. The summed E-state index contributed by atoms with van der Waals surface area (Å²) in [5.41, 5.74) is 3.39. The van der Waals surface area contributed by atoms with Crippen LogP contribution in [-0.4, -0.2) is 30.9 Å². The van der Waals surface area contributed by atoms with E-state index in [1.807, 2.05) is 34.3 Å². The van der Waals surface area contributed by atoms with Gasteiger partial charge in [-0.2, -0.15) is 11.3 Å². The van der Waals surface area contributed by atoms with Crippen LogP contribution in [0.15, 0.2) is 56.9 Å². The maximum Gasteiger partial charge on any atom is 0.336 e. The SMILES string of the molecule is CCCC1=C(C(=O)OCC)C(c2ccsc2)C2=C(CC(c3cccs3)C(C(=O)OCC)C2=O)N1. The Morgan fingerprint density at radius 2 is 1.91 bits per heavy atom. The first-order valence-electron chi connectivity index (χ1n) is 11.7. The van der Waals surface area contributed by atoms with E-state index in [4.69, 9.17) is 9.47 Å². The number of carbonyl (C=O) groups is 3. The second-order valence-corrected chi connectivity index (χ2v) is 10.0. The molecule has 0 aromatic carbocycles. The number of esters is 2. The number of rotatable bonds is 8. The number of allylic oxidation sites excluding steroid dienone is 3. The van der Waals surface area contributed by atoms with Gasteiger partial charge in [0.05, 0.1) is 18.8 Å². The van der Waals surface area contributed by atoms with Gasteiger partial charge in [0.1, 0.15) is 5.92 Å². The summed E-state index contributed by atoms with van der Waals surface area (Å²) in [4.78, 5) is 41.4. The van der Waals surface area contributed by atoms with Gasteiger partial charge in [0.15, 0.2) is 5.78 Å². The number of carbonyl (C=O) groups excluding carboxylic acids is 3. The van der Waals surface area contributed by atoms with Crippen LogP contribution in [-0.2, 0) is 23.9 Å². The maximum atomic E-state index is 14.1. The molecule has 2 aromatic heterocycles. The molecule has 0 spiro atoms. The van der Waals surface area contributed by atoms with Gasteiger partial charge in [-0.05, 0) is 60.5 Å². The van der Waals surface area contributed by atoms with Crippen molar-refractivity contribution in [2.24, 2.45) is 5.92 Å². The van der Waals surface area contributed by atoms with Crippen LogP contribution in [0.1, 0.15) is 62.3 Å². The van der Waals surface area contributed by atoms with Crippen molar-refractivity contribution in [1.82, 2.24) is 5.32 Å². The molecule has 3 atom stereocenters. The van der Waals surface area contributed by atoms with E-state index >= 15 is 0 Å². The molecule has 6 nitrogen and oxygen atoms in total. The van der Waals surface area contributed by atoms with Gasteiger partial charge in [-0.3, -0.25) is 9.59 Å². The summed E-state index contributed by atoms with van der Waals surface area (Å²) >= 11 is 3.05. The predicted molar refractivity (Wildman–Crippen MR) is 133 cm³/mol. The highest BCUT2D eigenvalue weighted by molar-refractivity contribution is 7.10. The molecule has 4 rings (SSSR count). The molecule has 34 heavy (non-hydrogen) atoms. The summed E-state index contributed by atoms with van der Waals surface area (Å²) in [5.74, 6) is -3.05. The minimum absolute atomic E-state index is 0.201. The average Bonchev–Trinajstić information content (AvgIpc) is 3.53. The van der Waals surface area contributed by atoms with Crippen molar-refractivity contribution >= 4 is 40.4 Å². The molecule has 180 valence electrons. The Bertz CT molecular complexity index is 1110.